The van der Waals surface area contributed by atoms with Crippen molar-refractivity contribution in [3.05, 3.63) is 358 Å². The van der Waals surface area contributed by atoms with E-state index in [0.29, 0.717) is 0 Å². The molecule has 5 heteroatoms. The summed E-state index contributed by atoms with van der Waals surface area (Å²) in [6.45, 7) is 25.7. The molecular formula is C84H84NiP4. The van der Waals surface area contributed by atoms with E-state index in [4.69, 9.17) is 0 Å². The summed E-state index contributed by atoms with van der Waals surface area (Å²) in [5.74, 6) is 0. The van der Waals surface area contributed by atoms with Gasteiger partial charge in [0.15, 0.2) is 0 Å². The van der Waals surface area contributed by atoms with Gasteiger partial charge >= 0.3 is 0 Å². The molecule has 0 aliphatic rings. The number of benzene rings is 12. The summed E-state index contributed by atoms with van der Waals surface area (Å²) in [6.07, 6.45) is 0. The molecule has 0 saturated carbocycles. The van der Waals surface area contributed by atoms with E-state index in [1.54, 1.807) is 0 Å². The molecule has 0 aliphatic carbocycles. The van der Waals surface area contributed by atoms with E-state index >= 15 is 0 Å². The fourth-order valence-corrected chi connectivity index (χ4v) is 19.1. The first kappa shape index (κ1) is 67.8. The molecule has 0 spiro atoms. The summed E-state index contributed by atoms with van der Waals surface area (Å²) >= 11 is 0. The van der Waals surface area contributed by atoms with Crippen LogP contribution >= 0.6 is 31.7 Å². The molecule has 450 valence electrons. The normalized spacial score (nSPS) is 10.8. The molecule has 12 rings (SSSR count). The second kappa shape index (κ2) is 33.1. The van der Waals surface area contributed by atoms with Crippen molar-refractivity contribution in [2.45, 2.75) is 83.1 Å². The summed E-state index contributed by atoms with van der Waals surface area (Å²) in [6, 6.07) is 108. The number of aryl methyl sites for hydroxylation is 12. The Labute approximate surface area is 549 Å². The average molecular weight is 1280 g/mol. The summed E-state index contributed by atoms with van der Waals surface area (Å²) in [4.78, 5) is 0. The van der Waals surface area contributed by atoms with Crippen LogP contribution in [0.5, 0.6) is 0 Å². The predicted octanol–water partition coefficient (Wildman–Crippen LogP) is 17.5. The third-order valence-electron chi connectivity index (χ3n) is 15.5. The topological polar surface area (TPSA) is 0 Å². The van der Waals surface area contributed by atoms with Crippen LogP contribution in [0.4, 0.5) is 0 Å². The Morgan fingerprint density at radius 3 is 0.225 bits per heavy atom. The summed E-state index contributed by atoms with van der Waals surface area (Å²) < 4.78 is 0. The van der Waals surface area contributed by atoms with Gasteiger partial charge in [0.25, 0.3) is 0 Å². The van der Waals surface area contributed by atoms with Crippen LogP contribution in [-0.2, 0) is 16.5 Å². The number of rotatable bonds is 12. The zero-order valence-corrected chi connectivity index (χ0v) is 58.4. The summed E-state index contributed by atoms with van der Waals surface area (Å²) in [7, 11) is -1.93. The first-order chi connectivity index (χ1) is 42.5. The van der Waals surface area contributed by atoms with Crippen LogP contribution in [0.3, 0.4) is 0 Å². The van der Waals surface area contributed by atoms with Gasteiger partial charge < -0.3 is 0 Å². The standard InChI is InChI=1S/4C21H21P.Ni/c4*1-16-4-10-19(11-5-16)22(20-12-6-17(2)7-13-20)21-14-8-18(3)9-15-21;/h4*4-15H,1-3H3;. The van der Waals surface area contributed by atoms with E-state index in [-0.39, 0.29) is 16.5 Å². The Hall–Kier alpha value is -7.15. The maximum Gasteiger partial charge on any atom is 0 e. The van der Waals surface area contributed by atoms with Gasteiger partial charge in [-0.25, -0.2) is 0 Å². The smallest absolute Gasteiger partial charge is 0 e. The van der Waals surface area contributed by atoms with Crippen LogP contribution in [0.2, 0.25) is 0 Å². The van der Waals surface area contributed by atoms with Crippen LogP contribution < -0.4 is 63.7 Å². The Kier molecular flexibility index (Phi) is 25.2. The van der Waals surface area contributed by atoms with Crippen molar-refractivity contribution in [1.82, 2.24) is 0 Å². The van der Waals surface area contributed by atoms with E-state index < -0.39 is 31.7 Å². The second-order valence-electron chi connectivity index (χ2n) is 23.4. The van der Waals surface area contributed by atoms with Gasteiger partial charge in [-0.05, 0) is 178 Å². The summed E-state index contributed by atoms with van der Waals surface area (Å²) in [5, 5.41) is 16.9. The maximum absolute atomic E-state index is 2.28. The zero-order chi connectivity index (χ0) is 62.1. The molecule has 12 aromatic rings. The van der Waals surface area contributed by atoms with Gasteiger partial charge in [0, 0.05) is 16.5 Å². The van der Waals surface area contributed by atoms with Gasteiger partial charge in [-0.2, -0.15) is 0 Å². The number of hydrogen-bond donors (Lipinski definition) is 0. The molecule has 0 nitrogen and oxygen atoms in total. The molecule has 0 aromatic heterocycles. The SMILES string of the molecule is Cc1ccc(P(c2ccc(C)cc2)c2ccc(C)cc2)cc1.Cc1ccc(P(c2ccc(C)cc2)c2ccc(C)cc2)cc1.Cc1ccc(P(c2ccc(C)cc2)c2ccc(C)cc2)cc1.Cc1ccc(P(c2ccc(C)cc2)c2ccc(C)cc2)cc1.[Ni]. The Bertz CT molecular complexity index is 3070. The molecule has 0 unspecified atom stereocenters. The molecule has 0 bridgehead atoms. The van der Waals surface area contributed by atoms with Crippen molar-refractivity contribution in [2.24, 2.45) is 0 Å². The van der Waals surface area contributed by atoms with Crippen LogP contribution in [0.25, 0.3) is 0 Å². The molecule has 0 saturated heterocycles. The predicted molar refractivity (Wildman–Crippen MR) is 397 cm³/mol. The first-order valence-corrected chi connectivity index (χ1v) is 35.9. The van der Waals surface area contributed by atoms with Crippen molar-refractivity contribution in [3.8, 4) is 0 Å². The van der Waals surface area contributed by atoms with Crippen molar-refractivity contribution >= 4 is 95.3 Å². The van der Waals surface area contributed by atoms with E-state index in [9.17, 15) is 0 Å². The minimum atomic E-state index is -0.483. The van der Waals surface area contributed by atoms with Gasteiger partial charge in [-0.3, -0.25) is 0 Å². The molecule has 0 heterocycles. The van der Waals surface area contributed by atoms with Crippen LogP contribution in [0.15, 0.2) is 291 Å². The van der Waals surface area contributed by atoms with E-state index in [1.165, 1.54) is 130 Å². The van der Waals surface area contributed by atoms with Crippen LogP contribution in [-0.4, -0.2) is 0 Å². The van der Waals surface area contributed by atoms with E-state index in [2.05, 4.69) is 374 Å². The van der Waals surface area contributed by atoms with Crippen molar-refractivity contribution in [2.75, 3.05) is 0 Å². The van der Waals surface area contributed by atoms with Crippen molar-refractivity contribution in [1.29, 1.82) is 0 Å². The Morgan fingerprint density at radius 2 is 0.169 bits per heavy atom. The molecular weight excluding hydrogens is 1190 g/mol. The molecule has 89 heavy (non-hydrogen) atoms. The zero-order valence-electron chi connectivity index (χ0n) is 53.8. The largest absolute Gasteiger partial charge is 0.0587 e. The Balaban J connectivity index is 0.000000153. The van der Waals surface area contributed by atoms with Crippen molar-refractivity contribution < 1.29 is 16.5 Å². The third kappa shape index (κ3) is 19.4. The fourth-order valence-electron chi connectivity index (χ4n) is 10.1. The van der Waals surface area contributed by atoms with E-state index in [1.807, 2.05) is 0 Å². The van der Waals surface area contributed by atoms with Gasteiger partial charge in [0.1, 0.15) is 0 Å². The Morgan fingerprint density at radius 1 is 0.112 bits per heavy atom. The minimum absolute atomic E-state index is 0. The molecule has 0 radical (unpaired) electrons. The molecule has 0 amide bonds. The van der Waals surface area contributed by atoms with Gasteiger partial charge in [0.2, 0.25) is 0 Å². The molecule has 0 aliphatic heterocycles. The summed E-state index contributed by atoms with van der Waals surface area (Å²) in [5.41, 5.74) is 15.7. The average Bonchev–Trinajstić information content (AvgIpc) is 2.73. The first-order valence-electron chi connectivity index (χ1n) is 30.5. The van der Waals surface area contributed by atoms with Gasteiger partial charge in [0.05, 0.1) is 0 Å². The van der Waals surface area contributed by atoms with Crippen molar-refractivity contribution in [3.63, 3.8) is 0 Å². The molecule has 0 fully saturated rings. The second-order valence-corrected chi connectivity index (χ2v) is 32.2. The van der Waals surface area contributed by atoms with Crippen LogP contribution in [0, 0.1) is 83.1 Å². The number of hydrogen-bond acceptors (Lipinski definition) is 0. The van der Waals surface area contributed by atoms with Gasteiger partial charge in [-0.15, -0.1) is 0 Å². The molecule has 12 aromatic carbocycles. The quantitative estimate of drug-likeness (QED) is 0.0845. The monoisotopic (exact) mass is 1270 g/mol. The van der Waals surface area contributed by atoms with E-state index in [0.717, 1.165) is 0 Å². The molecule has 0 N–H and O–H groups in total. The molecule has 0 atom stereocenters. The maximum atomic E-state index is 2.28. The minimum Gasteiger partial charge on any atom is -0.0587 e. The third-order valence-corrected chi connectivity index (χ3v) is 25.3. The van der Waals surface area contributed by atoms with Crippen LogP contribution in [0.1, 0.15) is 66.8 Å². The van der Waals surface area contributed by atoms with Gasteiger partial charge in [-0.1, -0.05) is 358 Å². The fraction of sp³-hybridized carbons (Fsp3) is 0.143.